The van der Waals surface area contributed by atoms with Crippen LogP contribution in [0.5, 0.6) is 0 Å². The Morgan fingerprint density at radius 3 is 2.75 bits per heavy atom. The molecule has 1 amide bonds. The minimum absolute atomic E-state index is 0. The maximum absolute atomic E-state index is 12.7. The Kier molecular flexibility index (Phi) is 6.21. The summed E-state index contributed by atoms with van der Waals surface area (Å²) in [6.07, 6.45) is 1.06. The minimum Gasteiger partial charge on any atom is -0.381 e. The van der Waals surface area contributed by atoms with Crippen LogP contribution in [-0.4, -0.2) is 33.9 Å². The van der Waals surface area contributed by atoms with Gasteiger partial charge in [0.15, 0.2) is 0 Å². The number of pyridine rings is 1. The maximum atomic E-state index is 12.7. The van der Waals surface area contributed by atoms with E-state index in [1.54, 1.807) is 18.2 Å². The molecule has 4 rings (SSSR count). The molecule has 148 valence electrons. The molecule has 0 spiro atoms. The highest BCUT2D eigenvalue weighted by Gasteiger charge is 2.18. The minimum atomic E-state index is -2.69. The Hall–Kier alpha value is -2.58. The van der Waals surface area contributed by atoms with Crippen molar-refractivity contribution < 1.29 is 18.3 Å². The number of ether oxygens (including phenoxy) is 1. The first-order valence-electron chi connectivity index (χ1n) is 8.73. The molecule has 1 fully saturated rings. The van der Waals surface area contributed by atoms with Crippen LogP contribution in [0.15, 0.2) is 42.6 Å². The quantitative estimate of drug-likeness (QED) is 0.695. The Bertz CT molecular complexity index is 973. The van der Waals surface area contributed by atoms with Crippen LogP contribution in [0, 0.1) is 0 Å². The Balaban J connectivity index is 0.00000225. The van der Waals surface area contributed by atoms with E-state index in [9.17, 15) is 13.6 Å². The van der Waals surface area contributed by atoms with Gasteiger partial charge in [0.05, 0.1) is 11.6 Å². The molecular formula is C19H19ClF2N4O2. The number of nitrogens with one attached hydrogen (secondary N) is 1. The van der Waals surface area contributed by atoms with Crippen molar-refractivity contribution in [2.45, 2.75) is 25.3 Å². The van der Waals surface area contributed by atoms with Gasteiger partial charge in [0.2, 0.25) is 0 Å². The van der Waals surface area contributed by atoms with Crippen LogP contribution in [0.4, 0.5) is 14.6 Å². The molecule has 0 atom stereocenters. The Labute approximate surface area is 166 Å². The van der Waals surface area contributed by atoms with Crippen LogP contribution in [0.25, 0.3) is 10.9 Å². The lowest BCUT2D eigenvalue weighted by molar-refractivity contribution is 0.0664. The summed E-state index contributed by atoms with van der Waals surface area (Å²) in [5.74, 6) is -0.314. The Morgan fingerprint density at radius 2 is 2.00 bits per heavy atom. The summed E-state index contributed by atoms with van der Waals surface area (Å²) in [5.41, 5.74) is 0.843. The summed E-state index contributed by atoms with van der Waals surface area (Å²) < 4.78 is 32.8. The van der Waals surface area contributed by atoms with Gasteiger partial charge in [-0.15, -0.1) is 12.4 Å². The van der Waals surface area contributed by atoms with E-state index in [4.69, 9.17) is 4.74 Å². The second kappa shape index (κ2) is 8.62. The molecular weight excluding hydrogens is 390 g/mol. The average Bonchev–Trinajstić information content (AvgIpc) is 3.12. The third-order valence-electron chi connectivity index (χ3n) is 4.59. The lowest BCUT2D eigenvalue weighted by Crippen LogP contribution is -2.19. The molecule has 1 N–H and O–H groups in total. The number of benzene rings is 1. The van der Waals surface area contributed by atoms with Crippen LogP contribution in [0.2, 0.25) is 0 Å². The smallest absolute Gasteiger partial charge is 0.280 e. The summed E-state index contributed by atoms with van der Waals surface area (Å²) in [7, 11) is 0. The average molecular weight is 409 g/mol. The zero-order valence-corrected chi connectivity index (χ0v) is 15.7. The molecule has 1 aromatic carbocycles. The zero-order chi connectivity index (χ0) is 18.8. The van der Waals surface area contributed by atoms with E-state index in [0.29, 0.717) is 11.6 Å². The Morgan fingerprint density at radius 1 is 1.21 bits per heavy atom. The standard InChI is InChI=1S/C19H18F2N4O2.ClH/c20-18(21)16-2-1-3-17(22-16)23-19(26)12-4-5-15-13(10-12)11-25(24-15)14-6-8-27-9-7-14;/h1-5,10-11,14,18H,6-9H2,(H,22,23,26);1H. The van der Waals surface area contributed by atoms with Crippen molar-refractivity contribution in [1.29, 1.82) is 0 Å². The topological polar surface area (TPSA) is 69.0 Å². The predicted molar refractivity (Wildman–Crippen MR) is 103 cm³/mol. The summed E-state index contributed by atoms with van der Waals surface area (Å²) >= 11 is 0. The summed E-state index contributed by atoms with van der Waals surface area (Å²) in [4.78, 5) is 16.2. The third kappa shape index (κ3) is 4.28. The van der Waals surface area contributed by atoms with Gasteiger partial charge >= 0.3 is 0 Å². The van der Waals surface area contributed by atoms with Gasteiger partial charge in [-0.3, -0.25) is 9.48 Å². The highest BCUT2D eigenvalue weighted by Crippen LogP contribution is 2.24. The number of amides is 1. The number of hydrogen-bond donors (Lipinski definition) is 1. The molecule has 28 heavy (non-hydrogen) atoms. The van der Waals surface area contributed by atoms with Gasteiger partial charge in [-0.2, -0.15) is 5.10 Å². The first kappa shape index (κ1) is 20.2. The third-order valence-corrected chi connectivity index (χ3v) is 4.59. The van der Waals surface area contributed by atoms with Gasteiger partial charge in [-0.1, -0.05) is 6.07 Å². The number of hydrogen-bond acceptors (Lipinski definition) is 4. The lowest BCUT2D eigenvalue weighted by Gasteiger charge is -2.22. The predicted octanol–water partition coefficient (Wildman–Crippen LogP) is 4.39. The fourth-order valence-corrected chi connectivity index (χ4v) is 3.15. The van der Waals surface area contributed by atoms with Crippen molar-refractivity contribution in [3.63, 3.8) is 0 Å². The van der Waals surface area contributed by atoms with E-state index >= 15 is 0 Å². The summed E-state index contributed by atoms with van der Waals surface area (Å²) in [5, 5.41) is 8.00. The fourth-order valence-electron chi connectivity index (χ4n) is 3.15. The molecule has 1 aliphatic heterocycles. The molecule has 0 radical (unpaired) electrons. The van der Waals surface area contributed by atoms with E-state index in [0.717, 1.165) is 37.0 Å². The van der Waals surface area contributed by atoms with Crippen molar-refractivity contribution in [1.82, 2.24) is 14.8 Å². The number of alkyl halides is 2. The van der Waals surface area contributed by atoms with Gasteiger partial charge in [0, 0.05) is 30.4 Å². The molecule has 3 aromatic rings. The van der Waals surface area contributed by atoms with Crippen molar-refractivity contribution in [2.24, 2.45) is 0 Å². The molecule has 3 heterocycles. The van der Waals surface area contributed by atoms with E-state index < -0.39 is 12.3 Å². The highest BCUT2D eigenvalue weighted by atomic mass is 35.5. The molecule has 0 bridgehead atoms. The number of nitrogens with zero attached hydrogens (tertiary/aromatic N) is 3. The molecule has 6 nitrogen and oxygen atoms in total. The number of carbonyl (C=O) groups excluding carboxylic acids is 1. The molecule has 1 saturated heterocycles. The maximum Gasteiger partial charge on any atom is 0.280 e. The van der Waals surface area contributed by atoms with E-state index in [2.05, 4.69) is 15.4 Å². The lowest BCUT2D eigenvalue weighted by atomic mass is 10.1. The number of fused-ring (bicyclic) bond motifs is 1. The van der Waals surface area contributed by atoms with E-state index in [1.807, 2.05) is 10.9 Å². The van der Waals surface area contributed by atoms with Gasteiger partial charge in [-0.05, 0) is 43.2 Å². The second-order valence-electron chi connectivity index (χ2n) is 6.43. The van der Waals surface area contributed by atoms with E-state index in [1.165, 1.54) is 18.2 Å². The van der Waals surface area contributed by atoms with Crippen molar-refractivity contribution in [3.05, 3.63) is 53.9 Å². The molecule has 0 aliphatic carbocycles. The van der Waals surface area contributed by atoms with Gasteiger partial charge in [0.25, 0.3) is 12.3 Å². The fraction of sp³-hybridized carbons (Fsp3) is 0.316. The number of halogens is 3. The molecule has 1 aliphatic rings. The van der Waals surface area contributed by atoms with Crippen molar-refractivity contribution >= 4 is 35.0 Å². The van der Waals surface area contributed by atoms with Crippen molar-refractivity contribution in [3.8, 4) is 0 Å². The van der Waals surface area contributed by atoms with Gasteiger partial charge in [-0.25, -0.2) is 13.8 Å². The molecule has 9 heteroatoms. The first-order valence-corrected chi connectivity index (χ1v) is 8.73. The highest BCUT2D eigenvalue weighted by molar-refractivity contribution is 6.05. The number of rotatable bonds is 4. The summed E-state index contributed by atoms with van der Waals surface area (Å²) in [6, 6.07) is 9.61. The van der Waals surface area contributed by atoms with E-state index in [-0.39, 0.29) is 23.9 Å². The van der Waals surface area contributed by atoms with Gasteiger partial charge in [0.1, 0.15) is 11.5 Å². The van der Waals surface area contributed by atoms with Crippen LogP contribution < -0.4 is 5.32 Å². The SMILES string of the molecule is Cl.O=C(Nc1cccc(C(F)F)n1)c1ccc2nn(C3CCOCC3)cc2c1. The molecule has 0 saturated carbocycles. The monoisotopic (exact) mass is 408 g/mol. The number of aromatic nitrogens is 3. The van der Waals surface area contributed by atoms with Crippen LogP contribution >= 0.6 is 12.4 Å². The second-order valence-corrected chi connectivity index (χ2v) is 6.43. The van der Waals surface area contributed by atoms with Crippen LogP contribution in [0.3, 0.4) is 0 Å². The van der Waals surface area contributed by atoms with Crippen molar-refractivity contribution in [2.75, 3.05) is 18.5 Å². The van der Waals surface area contributed by atoms with Crippen LogP contribution in [0.1, 0.15) is 41.4 Å². The van der Waals surface area contributed by atoms with Crippen LogP contribution in [-0.2, 0) is 4.74 Å². The molecule has 2 aromatic heterocycles. The normalized spacial score (nSPS) is 14.8. The number of anilines is 1. The molecule has 0 unspecified atom stereocenters. The number of carbonyl (C=O) groups is 1. The first-order chi connectivity index (χ1) is 13.1. The zero-order valence-electron chi connectivity index (χ0n) is 14.8. The van der Waals surface area contributed by atoms with Gasteiger partial charge < -0.3 is 10.1 Å². The summed E-state index contributed by atoms with van der Waals surface area (Å²) in [6.45, 7) is 1.44. The largest absolute Gasteiger partial charge is 0.381 e.